The number of phosphoric ester groups is 1. The Balaban J connectivity index is 4.65. The van der Waals surface area contributed by atoms with Crippen LogP contribution in [-0.2, 0) is 13.6 Å². The topological polar surface area (TPSA) is 58.6 Å². The molecule has 0 saturated carbocycles. The first kappa shape index (κ1) is 20.4. The Morgan fingerprint density at radius 1 is 0.714 bits per heavy atom. The molecule has 4 nitrogen and oxygen atoms in total. The minimum atomic E-state index is -6.23. The van der Waals surface area contributed by atoms with Crippen molar-refractivity contribution in [2.75, 3.05) is 13.2 Å². The van der Waals surface area contributed by atoms with Gasteiger partial charge >= 0.3 is 24.2 Å². The molecule has 0 bridgehead atoms. The molecule has 0 spiro atoms. The third-order valence-corrected chi connectivity index (χ3v) is 2.53. The van der Waals surface area contributed by atoms with Gasteiger partial charge in [0, 0.05) is 0 Å². The predicted octanol–water partition coefficient (Wildman–Crippen LogP) is 2.88. The van der Waals surface area contributed by atoms with Crippen LogP contribution in [-0.4, -0.2) is 37.4 Å². The van der Waals surface area contributed by atoms with Crippen LogP contribution in [0.25, 0.3) is 0 Å². The lowest BCUT2D eigenvalue weighted by molar-refractivity contribution is -0.307. The molecule has 0 heterocycles. The Labute approximate surface area is 109 Å². The molecule has 0 aliphatic rings. The Kier molecular flexibility index (Phi) is 5.73. The van der Waals surface area contributed by atoms with Gasteiger partial charge in [-0.05, 0) is 0 Å². The minimum Gasteiger partial charge on any atom is -0.756 e. The van der Waals surface area contributed by atoms with Crippen molar-refractivity contribution in [2.45, 2.75) is 24.2 Å². The van der Waals surface area contributed by atoms with Crippen LogP contribution < -0.4 is 4.89 Å². The molecule has 0 N–H and O–H groups in total. The van der Waals surface area contributed by atoms with Gasteiger partial charge in [0.1, 0.15) is 13.2 Å². The van der Waals surface area contributed by atoms with E-state index in [2.05, 4.69) is 9.05 Å². The van der Waals surface area contributed by atoms with Crippen molar-refractivity contribution >= 4 is 7.82 Å². The summed E-state index contributed by atoms with van der Waals surface area (Å²) < 4.78 is 135. The number of phosphoric acid groups is 1. The lowest BCUT2D eigenvalue weighted by atomic mass is 10.3. The fourth-order valence-electron chi connectivity index (χ4n) is 0.521. The van der Waals surface area contributed by atoms with Crippen LogP contribution in [0.5, 0.6) is 0 Å². The molecule has 0 aliphatic heterocycles. The van der Waals surface area contributed by atoms with Gasteiger partial charge in [-0.1, -0.05) is 0 Å². The fourth-order valence-corrected chi connectivity index (χ4v) is 1.24. The molecule has 21 heavy (non-hydrogen) atoms. The van der Waals surface area contributed by atoms with Crippen molar-refractivity contribution in [1.82, 2.24) is 0 Å². The molecule has 0 radical (unpaired) electrons. The zero-order valence-corrected chi connectivity index (χ0v) is 10.2. The molecule has 0 amide bonds. The summed E-state index contributed by atoms with van der Waals surface area (Å²) in [6.45, 7) is -5.73. The summed E-state index contributed by atoms with van der Waals surface area (Å²) >= 11 is 0. The van der Waals surface area contributed by atoms with Crippen LogP contribution >= 0.6 is 7.82 Å². The second-order valence-corrected chi connectivity index (χ2v) is 4.81. The maximum absolute atomic E-state index is 12.2. The van der Waals surface area contributed by atoms with Crippen molar-refractivity contribution < 1.29 is 62.4 Å². The molecule has 0 aromatic carbocycles. The van der Waals surface area contributed by atoms with E-state index < -0.39 is 45.2 Å². The largest absolute Gasteiger partial charge is 0.756 e. The first-order valence-electron chi connectivity index (χ1n) is 4.40. The normalized spacial score (nSPS) is 15.4. The van der Waals surface area contributed by atoms with Gasteiger partial charge in [0.05, 0.1) is 0 Å². The molecule has 128 valence electrons. The smallest absolute Gasteiger partial charge is 0.455 e. The van der Waals surface area contributed by atoms with E-state index in [-0.39, 0.29) is 0 Å². The van der Waals surface area contributed by atoms with E-state index in [0.717, 1.165) is 0 Å². The summed E-state index contributed by atoms with van der Waals surface area (Å²) in [5.41, 5.74) is 0. The second kappa shape index (κ2) is 5.89. The van der Waals surface area contributed by atoms with E-state index in [1.165, 1.54) is 0 Å². The Morgan fingerprint density at radius 2 is 0.952 bits per heavy atom. The van der Waals surface area contributed by atoms with Crippen LogP contribution in [0, 0.1) is 0 Å². The van der Waals surface area contributed by atoms with Gasteiger partial charge in [0.2, 0.25) is 0 Å². The molecule has 0 unspecified atom stereocenters. The van der Waals surface area contributed by atoms with E-state index >= 15 is 0 Å². The molecule has 0 aliphatic carbocycles. The summed E-state index contributed by atoms with van der Waals surface area (Å²) in [5.74, 6) is -11.4. The summed E-state index contributed by atoms with van der Waals surface area (Å²) in [4.78, 5) is 10.6. The van der Waals surface area contributed by atoms with Gasteiger partial charge in [-0.3, -0.25) is 4.57 Å². The Hall–Kier alpha value is -0.590. The van der Waals surface area contributed by atoms with Crippen LogP contribution in [0.2, 0.25) is 0 Å². The number of halogens is 10. The molecule has 0 saturated heterocycles. The standard InChI is InChI=1S/C6H5F10O4P/c7-3(8,5(11,12)13)1-19-21(17,18)20-2-4(9,10)6(14,15)16/h1-2H2,(H,17,18)/p-1. The zero-order chi connectivity index (χ0) is 17.3. The van der Waals surface area contributed by atoms with Gasteiger partial charge in [-0.25, -0.2) is 0 Å². The number of hydrogen-bond acceptors (Lipinski definition) is 4. The highest BCUT2D eigenvalue weighted by atomic mass is 31.2. The lowest BCUT2D eigenvalue weighted by Crippen LogP contribution is -2.42. The minimum absolute atomic E-state index is 2.87. The summed E-state index contributed by atoms with van der Waals surface area (Å²) in [5, 5.41) is 0. The molecule has 0 atom stereocenters. The Morgan fingerprint density at radius 3 is 1.14 bits per heavy atom. The van der Waals surface area contributed by atoms with E-state index in [1.807, 2.05) is 0 Å². The first-order chi connectivity index (χ1) is 8.91. The monoisotopic (exact) mass is 361 g/mol. The van der Waals surface area contributed by atoms with Crippen LogP contribution in [0.4, 0.5) is 43.9 Å². The summed E-state index contributed by atoms with van der Waals surface area (Å²) in [6.07, 6.45) is -12.4. The van der Waals surface area contributed by atoms with E-state index in [4.69, 9.17) is 0 Å². The molecular weight excluding hydrogens is 357 g/mol. The van der Waals surface area contributed by atoms with Gasteiger partial charge in [-0.15, -0.1) is 0 Å². The van der Waals surface area contributed by atoms with Gasteiger partial charge in [0.15, 0.2) is 0 Å². The van der Waals surface area contributed by atoms with Crippen molar-refractivity contribution in [1.29, 1.82) is 0 Å². The average Bonchev–Trinajstić information content (AvgIpc) is 2.21. The third-order valence-electron chi connectivity index (χ3n) is 1.64. The molecule has 0 rings (SSSR count). The lowest BCUT2D eigenvalue weighted by Gasteiger charge is -2.28. The van der Waals surface area contributed by atoms with Crippen molar-refractivity contribution in [3.8, 4) is 0 Å². The first-order valence-corrected chi connectivity index (χ1v) is 5.87. The van der Waals surface area contributed by atoms with Crippen LogP contribution in [0.3, 0.4) is 0 Å². The van der Waals surface area contributed by atoms with Crippen molar-refractivity contribution in [3.05, 3.63) is 0 Å². The highest BCUT2D eigenvalue weighted by Crippen LogP contribution is 2.46. The zero-order valence-electron chi connectivity index (χ0n) is 9.27. The molecule has 15 heteroatoms. The predicted molar refractivity (Wildman–Crippen MR) is 41.5 cm³/mol. The summed E-state index contributed by atoms with van der Waals surface area (Å²) in [7, 11) is -6.23. The third kappa shape index (κ3) is 5.96. The van der Waals surface area contributed by atoms with E-state index in [1.54, 1.807) is 0 Å². The SMILES string of the molecule is O=P([O-])(OCC(F)(F)C(F)(F)F)OCC(F)(F)C(F)(F)F. The molecule has 0 fully saturated rings. The Bertz CT molecular complexity index is 367. The molecule has 0 aromatic heterocycles. The maximum Gasteiger partial charge on any atom is 0.455 e. The summed E-state index contributed by atoms with van der Waals surface area (Å²) in [6, 6.07) is 0. The quantitative estimate of drug-likeness (QED) is 0.539. The highest BCUT2D eigenvalue weighted by Gasteiger charge is 2.59. The number of rotatable bonds is 6. The van der Waals surface area contributed by atoms with E-state index in [9.17, 15) is 53.4 Å². The van der Waals surface area contributed by atoms with E-state index in [0.29, 0.717) is 0 Å². The van der Waals surface area contributed by atoms with Gasteiger partial charge < -0.3 is 13.9 Å². The maximum atomic E-state index is 12.2. The van der Waals surface area contributed by atoms with Crippen molar-refractivity contribution in [2.24, 2.45) is 0 Å². The molecular formula is C6H4F10O4P-. The van der Waals surface area contributed by atoms with Gasteiger partial charge in [-0.2, -0.15) is 43.9 Å². The number of hydrogen-bond donors (Lipinski definition) is 0. The van der Waals surface area contributed by atoms with Crippen LogP contribution in [0.15, 0.2) is 0 Å². The van der Waals surface area contributed by atoms with Crippen molar-refractivity contribution in [3.63, 3.8) is 0 Å². The average molecular weight is 361 g/mol. The second-order valence-electron chi connectivity index (χ2n) is 3.40. The highest BCUT2D eigenvalue weighted by molar-refractivity contribution is 7.45. The van der Waals surface area contributed by atoms with Crippen LogP contribution in [0.1, 0.15) is 0 Å². The van der Waals surface area contributed by atoms with Gasteiger partial charge in [0.25, 0.3) is 7.82 Å². The number of alkyl halides is 10. The molecule has 0 aromatic rings. The fraction of sp³-hybridized carbons (Fsp3) is 1.00.